The Balaban J connectivity index is 1.71. The molecule has 0 saturated heterocycles. The van der Waals surface area contributed by atoms with Crippen LogP contribution in [0, 0.1) is 6.92 Å². The highest BCUT2D eigenvalue weighted by molar-refractivity contribution is 7.92. The molecule has 0 aliphatic carbocycles. The Bertz CT molecular complexity index is 1000. The molecular formula is C19H21N3O4S. The van der Waals surface area contributed by atoms with Gasteiger partial charge in [-0.15, -0.1) is 0 Å². The Kier molecular flexibility index (Phi) is 4.93. The number of sulfonamides is 1. The Labute approximate surface area is 158 Å². The first kappa shape index (κ1) is 18.9. The van der Waals surface area contributed by atoms with Gasteiger partial charge < -0.3 is 0 Å². The fourth-order valence-electron chi connectivity index (χ4n) is 3.21. The van der Waals surface area contributed by atoms with Crippen molar-refractivity contribution in [2.24, 2.45) is 0 Å². The average molecular weight is 387 g/mol. The molecule has 2 aromatic rings. The van der Waals surface area contributed by atoms with E-state index in [9.17, 15) is 18.0 Å². The van der Waals surface area contributed by atoms with E-state index in [-0.39, 0.29) is 6.04 Å². The lowest BCUT2D eigenvalue weighted by molar-refractivity contribution is 0.0846. The SMILES string of the molecule is Cc1ccc(C(=O)NNC(=O)c2ccc3c(c2)CC(C)N3S(C)(=O)=O)cc1. The lowest BCUT2D eigenvalue weighted by Crippen LogP contribution is -2.41. The molecule has 1 atom stereocenters. The van der Waals surface area contributed by atoms with Gasteiger partial charge in [0.25, 0.3) is 11.8 Å². The Morgan fingerprint density at radius 3 is 2.15 bits per heavy atom. The second kappa shape index (κ2) is 7.03. The molecular weight excluding hydrogens is 366 g/mol. The molecule has 142 valence electrons. The molecule has 0 fully saturated rings. The van der Waals surface area contributed by atoms with Crippen LogP contribution in [0.2, 0.25) is 0 Å². The second-order valence-corrected chi connectivity index (χ2v) is 8.59. The predicted octanol–water partition coefficient (Wildman–Crippen LogP) is 1.78. The fraction of sp³-hybridized carbons (Fsp3) is 0.263. The summed E-state index contributed by atoms with van der Waals surface area (Å²) in [6.45, 7) is 3.74. The number of benzene rings is 2. The molecule has 7 nitrogen and oxygen atoms in total. The van der Waals surface area contributed by atoms with E-state index in [1.54, 1.807) is 30.3 Å². The second-order valence-electron chi connectivity index (χ2n) is 6.73. The van der Waals surface area contributed by atoms with E-state index in [0.29, 0.717) is 23.2 Å². The van der Waals surface area contributed by atoms with Crippen LogP contribution in [-0.2, 0) is 16.4 Å². The molecule has 1 unspecified atom stereocenters. The van der Waals surface area contributed by atoms with Crippen molar-refractivity contribution in [3.05, 3.63) is 64.7 Å². The maximum absolute atomic E-state index is 12.3. The van der Waals surface area contributed by atoms with Crippen molar-refractivity contribution in [2.45, 2.75) is 26.3 Å². The smallest absolute Gasteiger partial charge is 0.267 e. The molecule has 2 amide bonds. The highest BCUT2D eigenvalue weighted by Gasteiger charge is 2.32. The van der Waals surface area contributed by atoms with Gasteiger partial charge in [-0.3, -0.25) is 24.7 Å². The van der Waals surface area contributed by atoms with Crippen molar-refractivity contribution < 1.29 is 18.0 Å². The third kappa shape index (κ3) is 3.95. The van der Waals surface area contributed by atoms with Crippen molar-refractivity contribution in [3.63, 3.8) is 0 Å². The maximum Gasteiger partial charge on any atom is 0.269 e. The first-order chi connectivity index (χ1) is 12.7. The maximum atomic E-state index is 12.3. The van der Waals surface area contributed by atoms with Crippen molar-refractivity contribution in [2.75, 3.05) is 10.6 Å². The summed E-state index contributed by atoms with van der Waals surface area (Å²) in [5.74, 6) is -0.884. The van der Waals surface area contributed by atoms with Crippen LogP contribution >= 0.6 is 0 Å². The van der Waals surface area contributed by atoms with Gasteiger partial charge in [0.05, 0.1) is 11.9 Å². The van der Waals surface area contributed by atoms with E-state index in [0.717, 1.165) is 11.1 Å². The van der Waals surface area contributed by atoms with Gasteiger partial charge in [0.1, 0.15) is 0 Å². The molecule has 1 aliphatic rings. The molecule has 0 saturated carbocycles. The minimum Gasteiger partial charge on any atom is -0.267 e. The van der Waals surface area contributed by atoms with Crippen LogP contribution < -0.4 is 15.2 Å². The number of nitrogens with zero attached hydrogens (tertiary/aromatic N) is 1. The zero-order chi connectivity index (χ0) is 19.8. The van der Waals surface area contributed by atoms with Crippen LogP contribution in [0.4, 0.5) is 5.69 Å². The standard InChI is InChI=1S/C19H21N3O4S/c1-12-4-6-14(7-5-12)18(23)20-21-19(24)15-8-9-17-16(11-15)10-13(2)22(17)27(3,25)26/h4-9,11,13H,10H2,1-3H3,(H,20,23)(H,21,24). The third-order valence-electron chi connectivity index (χ3n) is 4.46. The van der Waals surface area contributed by atoms with Gasteiger partial charge in [-0.05, 0) is 56.2 Å². The van der Waals surface area contributed by atoms with Crippen molar-refractivity contribution in [1.82, 2.24) is 10.9 Å². The topological polar surface area (TPSA) is 95.6 Å². The normalized spacial score (nSPS) is 16.0. The van der Waals surface area contributed by atoms with Crippen LogP contribution in [-0.4, -0.2) is 32.5 Å². The summed E-state index contributed by atoms with van der Waals surface area (Å²) in [6.07, 6.45) is 1.69. The number of hydrogen-bond donors (Lipinski definition) is 2. The van der Waals surface area contributed by atoms with Crippen LogP contribution in [0.3, 0.4) is 0 Å². The molecule has 0 radical (unpaired) electrons. The number of aryl methyl sites for hydroxylation is 1. The van der Waals surface area contributed by atoms with E-state index in [1.165, 1.54) is 10.6 Å². The third-order valence-corrected chi connectivity index (χ3v) is 5.73. The molecule has 27 heavy (non-hydrogen) atoms. The minimum atomic E-state index is -3.38. The van der Waals surface area contributed by atoms with Crippen LogP contribution in [0.5, 0.6) is 0 Å². The quantitative estimate of drug-likeness (QED) is 0.785. The van der Waals surface area contributed by atoms with Crippen molar-refractivity contribution in [1.29, 1.82) is 0 Å². The average Bonchev–Trinajstić information content (AvgIpc) is 2.94. The highest BCUT2D eigenvalue weighted by Crippen LogP contribution is 2.34. The number of rotatable bonds is 3. The van der Waals surface area contributed by atoms with Crippen LogP contribution in [0.1, 0.15) is 38.8 Å². The van der Waals surface area contributed by atoms with E-state index in [2.05, 4.69) is 10.9 Å². The Morgan fingerprint density at radius 1 is 1.00 bits per heavy atom. The van der Waals surface area contributed by atoms with Gasteiger partial charge in [-0.1, -0.05) is 17.7 Å². The van der Waals surface area contributed by atoms with Gasteiger partial charge in [0.15, 0.2) is 0 Å². The summed E-state index contributed by atoms with van der Waals surface area (Å²) in [4.78, 5) is 24.4. The zero-order valence-electron chi connectivity index (χ0n) is 15.3. The monoisotopic (exact) mass is 387 g/mol. The summed E-state index contributed by atoms with van der Waals surface area (Å²) < 4.78 is 25.3. The molecule has 0 aromatic heterocycles. The highest BCUT2D eigenvalue weighted by atomic mass is 32.2. The van der Waals surface area contributed by atoms with Gasteiger partial charge >= 0.3 is 0 Å². The van der Waals surface area contributed by atoms with Crippen LogP contribution in [0.25, 0.3) is 0 Å². The number of anilines is 1. The number of fused-ring (bicyclic) bond motifs is 1. The first-order valence-electron chi connectivity index (χ1n) is 8.46. The van der Waals surface area contributed by atoms with Gasteiger partial charge in [0.2, 0.25) is 10.0 Å². The largest absolute Gasteiger partial charge is 0.269 e. The lowest BCUT2D eigenvalue weighted by Gasteiger charge is -2.21. The summed E-state index contributed by atoms with van der Waals surface area (Å²) in [6, 6.07) is 11.6. The lowest BCUT2D eigenvalue weighted by atomic mass is 10.1. The fourth-order valence-corrected chi connectivity index (χ4v) is 4.48. The number of amides is 2. The van der Waals surface area contributed by atoms with Gasteiger partial charge in [-0.2, -0.15) is 0 Å². The van der Waals surface area contributed by atoms with E-state index in [1.807, 2.05) is 26.0 Å². The first-order valence-corrected chi connectivity index (χ1v) is 10.3. The van der Waals surface area contributed by atoms with E-state index < -0.39 is 21.8 Å². The van der Waals surface area contributed by atoms with Crippen LogP contribution in [0.15, 0.2) is 42.5 Å². The Morgan fingerprint density at radius 2 is 1.56 bits per heavy atom. The summed E-state index contributed by atoms with van der Waals surface area (Å²) in [5.41, 5.74) is 7.96. The molecule has 0 spiro atoms. The molecule has 8 heteroatoms. The predicted molar refractivity (Wildman–Crippen MR) is 103 cm³/mol. The number of hydrazine groups is 1. The van der Waals surface area contributed by atoms with E-state index >= 15 is 0 Å². The van der Waals surface area contributed by atoms with Gasteiger partial charge in [0, 0.05) is 17.2 Å². The minimum absolute atomic E-state index is 0.199. The van der Waals surface area contributed by atoms with Crippen molar-refractivity contribution >= 4 is 27.5 Å². The number of hydrogen-bond acceptors (Lipinski definition) is 4. The van der Waals surface area contributed by atoms with Crippen molar-refractivity contribution in [3.8, 4) is 0 Å². The summed E-state index contributed by atoms with van der Waals surface area (Å²) in [7, 11) is -3.38. The van der Waals surface area contributed by atoms with E-state index in [4.69, 9.17) is 0 Å². The number of nitrogens with one attached hydrogen (secondary N) is 2. The number of carbonyl (C=O) groups excluding carboxylic acids is 2. The molecule has 2 aromatic carbocycles. The molecule has 0 bridgehead atoms. The molecule has 1 heterocycles. The molecule has 1 aliphatic heterocycles. The zero-order valence-corrected chi connectivity index (χ0v) is 16.1. The van der Waals surface area contributed by atoms with Gasteiger partial charge in [-0.25, -0.2) is 8.42 Å². The summed E-state index contributed by atoms with van der Waals surface area (Å²) >= 11 is 0. The molecule has 2 N–H and O–H groups in total. The Hall–Kier alpha value is -2.87. The molecule has 3 rings (SSSR count). The number of carbonyl (C=O) groups is 2. The summed E-state index contributed by atoms with van der Waals surface area (Å²) in [5, 5.41) is 0.